The van der Waals surface area contributed by atoms with Crippen LogP contribution in [-0.2, 0) is 5.41 Å². The van der Waals surface area contributed by atoms with Crippen LogP contribution >= 0.6 is 0 Å². The van der Waals surface area contributed by atoms with Crippen molar-refractivity contribution in [3.05, 3.63) is 199 Å². The van der Waals surface area contributed by atoms with E-state index in [1.807, 2.05) is 12.1 Å². The lowest BCUT2D eigenvalue weighted by Crippen LogP contribution is -2.16. The standard InChI is InChI=1S/C51H39N3/c1-51(2)47-14-8-6-12-43(47)44-30-29-42(33-48(44)51)53(40-25-18-35(19-26-40)34-16-23-38(52)24-17-34)41-27-20-36(21-28-41)37-22-31-50-46(32-37)45-13-7-9-15-49(45)54(50)39-10-4-3-5-11-39/h3-33H,52H2,1-2H3. The van der Waals surface area contributed by atoms with Crippen molar-refractivity contribution in [1.82, 2.24) is 4.57 Å². The molecule has 8 aromatic carbocycles. The normalized spacial score (nSPS) is 12.9. The van der Waals surface area contributed by atoms with Crippen LogP contribution in [0, 0.1) is 0 Å². The Kier molecular flexibility index (Phi) is 7.31. The van der Waals surface area contributed by atoms with E-state index in [0.717, 1.165) is 33.9 Å². The Hall–Kier alpha value is -6.84. The summed E-state index contributed by atoms with van der Waals surface area (Å²) in [4.78, 5) is 2.38. The number of hydrogen-bond donors (Lipinski definition) is 1. The molecule has 0 fully saturated rings. The number of hydrogen-bond acceptors (Lipinski definition) is 2. The lowest BCUT2D eigenvalue weighted by molar-refractivity contribution is 0.660. The highest BCUT2D eigenvalue weighted by atomic mass is 15.1. The lowest BCUT2D eigenvalue weighted by atomic mass is 9.82. The molecule has 54 heavy (non-hydrogen) atoms. The summed E-state index contributed by atoms with van der Waals surface area (Å²) in [6.07, 6.45) is 0. The average Bonchev–Trinajstić information content (AvgIpc) is 3.67. The number of nitrogen functional groups attached to an aromatic ring is 1. The first-order valence-corrected chi connectivity index (χ1v) is 18.6. The quantitative estimate of drug-likeness (QED) is 0.176. The van der Waals surface area contributed by atoms with E-state index < -0.39 is 0 Å². The van der Waals surface area contributed by atoms with Crippen LogP contribution in [0.2, 0.25) is 0 Å². The monoisotopic (exact) mass is 693 g/mol. The van der Waals surface area contributed by atoms with Crippen molar-refractivity contribution in [2.45, 2.75) is 19.3 Å². The third-order valence-electron chi connectivity index (χ3n) is 11.3. The van der Waals surface area contributed by atoms with Gasteiger partial charge < -0.3 is 15.2 Å². The minimum atomic E-state index is -0.0985. The Labute approximate surface area is 316 Å². The van der Waals surface area contributed by atoms with Crippen LogP contribution in [0.4, 0.5) is 22.7 Å². The number of anilines is 4. The number of fused-ring (bicyclic) bond motifs is 6. The van der Waals surface area contributed by atoms with E-state index in [1.165, 1.54) is 60.9 Å². The van der Waals surface area contributed by atoms with Gasteiger partial charge in [-0.2, -0.15) is 0 Å². The second-order valence-corrected chi connectivity index (χ2v) is 14.9. The van der Waals surface area contributed by atoms with Crippen LogP contribution in [0.25, 0.3) is 60.9 Å². The van der Waals surface area contributed by atoms with E-state index in [4.69, 9.17) is 5.73 Å². The van der Waals surface area contributed by atoms with E-state index in [0.29, 0.717) is 0 Å². The number of benzene rings is 8. The average molecular weight is 694 g/mol. The molecule has 0 aliphatic heterocycles. The van der Waals surface area contributed by atoms with Crippen LogP contribution in [-0.4, -0.2) is 4.57 Å². The van der Waals surface area contributed by atoms with Gasteiger partial charge in [0.05, 0.1) is 11.0 Å². The molecule has 0 bridgehead atoms. The van der Waals surface area contributed by atoms with Gasteiger partial charge in [-0.3, -0.25) is 0 Å². The van der Waals surface area contributed by atoms with Crippen molar-refractivity contribution >= 4 is 44.6 Å². The number of para-hydroxylation sites is 2. The summed E-state index contributed by atoms with van der Waals surface area (Å²) in [5, 5.41) is 2.51. The molecule has 2 N–H and O–H groups in total. The number of aromatic nitrogens is 1. The fourth-order valence-corrected chi connectivity index (χ4v) is 8.57. The maximum absolute atomic E-state index is 5.99. The van der Waals surface area contributed by atoms with Crippen LogP contribution in [0.3, 0.4) is 0 Å². The molecule has 0 radical (unpaired) electrons. The van der Waals surface area contributed by atoms with Gasteiger partial charge in [-0.25, -0.2) is 0 Å². The number of nitrogens with two attached hydrogens (primary N) is 1. The molecule has 10 rings (SSSR count). The van der Waals surface area contributed by atoms with E-state index in [2.05, 4.69) is 199 Å². The molecule has 9 aromatic rings. The van der Waals surface area contributed by atoms with E-state index >= 15 is 0 Å². The van der Waals surface area contributed by atoms with Gasteiger partial charge >= 0.3 is 0 Å². The molecule has 1 aliphatic carbocycles. The topological polar surface area (TPSA) is 34.2 Å². The van der Waals surface area contributed by atoms with Crippen molar-refractivity contribution < 1.29 is 0 Å². The van der Waals surface area contributed by atoms with Crippen LogP contribution < -0.4 is 10.6 Å². The summed E-state index contributed by atoms with van der Waals surface area (Å²) < 4.78 is 2.37. The zero-order chi connectivity index (χ0) is 36.4. The van der Waals surface area contributed by atoms with Crippen LogP contribution in [0.5, 0.6) is 0 Å². The molecule has 0 saturated carbocycles. The van der Waals surface area contributed by atoms with Gasteiger partial charge in [0.1, 0.15) is 0 Å². The fourth-order valence-electron chi connectivity index (χ4n) is 8.57. The Morgan fingerprint density at radius 2 is 0.963 bits per heavy atom. The van der Waals surface area contributed by atoms with E-state index in [1.54, 1.807) is 0 Å². The Morgan fingerprint density at radius 1 is 0.426 bits per heavy atom. The summed E-state index contributed by atoms with van der Waals surface area (Å²) in [6, 6.07) is 68.0. The molecule has 1 heterocycles. The second-order valence-electron chi connectivity index (χ2n) is 14.9. The molecule has 258 valence electrons. The van der Waals surface area contributed by atoms with Crippen molar-refractivity contribution in [3.63, 3.8) is 0 Å². The van der Waals surface area contributed by atoms with Crippen molar-refractivity contribution in [3.8, 4) is 39.1 Å². The Bertz CT molecular complexity index is 2830. The third kappa shape index (κ3) is 5.12. The molecule has 0 saturated heterocycles. The third-order valence-corrected chi connectivity index (χ3v) is 11.3. The number of rotatable bonds is 6. The van der Waals surface area contributed by atoms with Gasteiger partial charge in [0, 0.05) is 44.6 Å². The zero-order valence-electron chi connectivity index (χ0n) is 30.4. The maximum atomic E-state index is 5.99. The molecule has 0 atom stereocenters. The smallest absolute Gasteiger partial charge is 0.0541 e. The minimum Gasteiger partial charge on any atom is -0.399 e. The van der Waals surface area contributed by atoms with Crippen molar-refractivity contribution in [2.75, 3.05) is 10.6 Å². The van der Waals surface area contributed by atoms with Crippen molar-refractivity contribution in [1.29, 1.82) is 0 Å². The molecular formula is C51H39N3. The van der Waals surface area contributed by atoms with Gasteiger partial charge in [-0.05, 0) is 123 Å². The van der Waals surface area contributed by atoms with Crippen LogP contribution in [0.15, 0.2) is 188 Å². The molecular weight excluding hydrogens is 655 g/mol. The molecule has 3 heteroatoms. The first kappa shape index (κ1) is 31.9. The zero-order valence-corrected chi connectivity index (χ0v) is 30.4. The first-order chi connectivity index (χ1) is 26.4. The predicted molar refractivity (Wildman–Crippen MR) is 228 cm³/mol. The van der Waals surface area contributed by atoms with Gasteiger partial charge in [0.15, 0.2) is 0 Å². The van der Waals surface area contributed by atoms with Gasteiger partial charge in [-0.15, -0.1) is 0 Å². The summed E-state index contributed by atoms with van der Waals surface area (Å²) in [6.45, 7) is 4.69. The van der Waals surface area contributed by atoms with E-state index in [9.17, 15) is 0 Å². The molecule has 0 amide bonds. The molecule has 0 unspecified atom stereocenters. The predicted octanol–water partition coefficient (Wildman–Crippen LogP) is 13.5. The summed E-state index contributed by atoms with van der Waals surface area (Å²) in [7, 11) is 0. The highest BCUT2D eigenvalue weighted by Crippen LogP contribution is 2.50. The van der Waals surface area contributed by atoms with Gasteiger partial charge in [-0.1, -0.05) is 123 Å². The lowest BCUT2D eigenvalue weighted by Gasteiger charge is -2.28. The first-order valence-electron chi connectivity index (χ1n) is 18.6. The Morgan fingerprint density at radius 3 is 1.69 bits per heavy atom. The van der Waals surface area contributed by atoms with Crippen molar-refractivity contribution in [2.24, 2.45) is 0 Å². The summed E-state index contributed by atoms with van der Waals surface area (Å²) in [5.74, 6) is 0. The number of nitrogens with zero attached hydrogens (tertiary/aromatic N) is 2. The molecule has 0 spiro atoms. The Balaban J connectivity index is 1.07. The van der Waals surface area contributed by atoms with Crippen LogP contribution in [0.1, 0.15) is 25.0 Å². The van der Waals surface area contributed by atoms with Gasteiger partial charge in [0.25, 0.3) is 0 Å². The second kappa shape index (κ2) is 12.4. The minimum absolute atomic E-state index is 0.0985. The molecule has 1 aliphatic rings. The highest BCUT2D eigenvalue weighted by molar-refractivity contribution is 6.10. The SMILES string of the molecule is CC1(C)c2ccccc2-c2ccc(N(c3ccc(-c4ccc(N)cc4)cc3)c3ccc(-c4ccc5c(c4)c4ccccc4n5-c4ccccc4)cc3)cc21. The fraction of sp³-hybridized carbons (Fsp3) is 0.0588. The summed E-state index contributed by atoms with van der Waals surface area (Å²) in [5.41, 5.74) is 23.7. The van der Waals surface area contributed by atoms with Gasteiger partial charge in [0.2, 0.25) is 0 Å². The molecule has 1 aromatic heterocycles. The van der Waals surface area contributed by atoms with E-state index in [-0.39, 0.29) is 5.41 Å². The molecule has 3 nitrogen and oxygen atoms in total. The highest BCUT2D eigenvalue weighted by Gasteiger charge is 2.35. The summed E-state index contributed by atoms with van der Waals surface area (Å²) >= 11 is 0. The maximum Gasteiger partial charge on any atom is 0.0541 e. The largest absolute Gasteiger partial charge is 0.399 e.